The second kappa shape index (κ2) is 9.75. The van der Waals surface area contributed by atoms with Gasteiger partial charge >= 0.3 is 0 Å². The highest BCUT2D eigenvalue weighted by Crippen LogP contribution is 2.41. The standard InChI is InChI=1S/C19H20Br2N2O4/c1-4-26-15-8-13(17(20)18(21)19(15)25)9-22-23-16(24)10-27-14-6-5-11(2)7-12(14)3/h5-9,25H,4,10H2,1-3H3,(H,23,24)/b22-9+. The molecule has 2 rings (SSSR count). The fourth-order valence-electron chi connectivity index (χ4n) is 2.28. The average molecular weight is 500 g/mol. The molecule has 6 nitrogen and oxygen atoms in total. The number of aryl methyl sites for hydroxylation is 2. The lowest BCUT2D eigenvalue weighted by molar-refractivity contribution is -0.123. The van der Waals surface area contributed by atoms with Crippen molar-refractivity contribution < 1.29 is 19.4 Å². The number of ether oxygens (including phenoxy) is 2. The largest absolute Gasteiger partial charge is 0.503 e. The zero-order valence-corrected chi connectivity index (χ0v) is 18.3. The van der Waals surface area contributed by atoms with E-state index >= 15 is 0 Å². The van der Waals surface area contributed by atoms with E-state index in [0.29, 0.717) is 32.6 Å². The number of benzene rings is 2. The molecule has 2 aromatic carbocycles. The third-order valence-electron chi connectivity index (χ3n) is 3.56. The van der Waals surface area contributed by atoms with Gasteiger partial charge in [-0.1, -0.05) is 17.7 Å². The number of hydrazone groups is 1. The van der Waals surface area contributed by atoms with Crippen molar-refractivity contribution in [1.82, 2.24) is 5.43 Å². The maximum atomic E-state index is 11.9. The number of hydrogen-bond acceptors (Lipinski definition) is 5. The first-order valence-electron chi connectivity index (χ1n) is 8.19. The summed E-state index contributed by atoms with van der Waals surface area (Å²) in [5.41, 5.74) is 5.13. The third kappa shape index (κ3) is 5.71. The van der Waals surface area contributed by atoms with Gasteiger partial charge in [-0.2, -0.15) is 5.10 Å². The third-order valence-corrected chi connectivity index (χ3v) is 5.71. The Morgan fingerprint density at radius 3 is 2.59 bits per heavy atom. The van der Waals surface area contributed by atoms with Crippen molar-refractivity contribution in [2.24, 2.45) is 5.10 Å². The van der Waals surface area contributed by atoms with Crippen molar-refractivity contribution >= 4 is 44.0 Å². The first-order chi connectivity index (χ1) is 12.8. The fraction of sp³-hybridized carbons (Fsp3) is 0.263. The molecule has 0 aliphatic carbocycles. The molecule has 0 aromatic heterocycles. The Bertz CT molecular complexity index is 869. The van der Waals surface area contributed by atoms with E-state index in [-0.39, 0.29) is 18.3 Å². The summed E-state index contributed by atoms with van der Waals surface area (Å²) >= 11 is 6.66. The Morgan fingerprint density at radius 2 is 1.93 bits per heavy atom. The van der Waals surface area contributed by atoms with E-state index in [1.54, 1.807) is 6.07 Å². The Morgan fingerprint density at radius 1 is 1.19 bits per heavy atom. The van der Waals surface area contributed by atoms with Crippen molar-refractivity contribution in [3.63, 3.8) is 0 Å². The molecule has 0 fully saturated rings. The number of carbonyl (C=O) groups is 1. The van der Waals surface area contributed by atoms with Crippen molar-refractivity contribution in [3.05, 3.63) is 49.9 Å². The number of carbonyl (C=O) groups excluding carboxylic acids is 1. The van der Waals surface area contributed by atoms with Gasteiger partial charge in [0.25, 0.3) is 5.91 Å². The smallest absolute Gasteiger partial charge is 0.277 e. The zero-order chi connectivity index (χ0) is 20.0. The topological polar surface area (TPSA) is 80.2 Å². The lowest BCUT2D eigenvalue weighted by Gasteiger charge is -2.11. The maximum absolute atomic E-state index is 11.9. The van der Waals surface area contributed by atoms with E-state index in [4.69, 9.17) is 9.47 Å². The number of phenols is 1. The summed E-state index contributed by atoms with van der Waals surface area (Å²) in [6.07, 6.45) is 1.45. The molecule has 0 heterocycles. The molecule has 0 aliphatic heterocycles. The number of aromatic hydroxyl groups is 1. The Hall–Kier alpha value is -2.06. The molecule has 0 atom stereocenters. The molecule has 2 N–H and O–H groups in total. The van der Waals surface area contributed by atoms with Crippen LogP contribution < -0.4 is 14.9 Å². The molecule has 2 aromatic rings. The molecule has 144 valence electrons. The minimum Gasteiger partial charge on any atom is -0.503 e. The second-order valence-electron chi connectivity index (χ2n) is 5.72. The summed E-state index contributed by atoms with van der Waals surface area (Å²) in [6, 6.07) is 7.37. The van der Waals surface area contributed by atoms with Crippen LogP contribution in [0.25, 0.3) is 0 Å². The van der Waals surface area contributed by atoms with Crippen LogP contribution in [-0.2, 0) is 4.79 Å². The molecule has 0 saturated carbocycles. The summed E-state index contributed by atoms with van der Waals surface area (Å²) in [6.45, 7) is 6.00. The van der Waals surface area contributed by atoms with Crippen LogP contribution in [0, 0.1) is 13.8 Å². The van der Waals surface area contributed by atoms with Gasteiger partial charge in [-0.3, -0.25) is 4.79 Å². The molecule has 1 amide bonds. The van der Waals surface area contributed by atoms with E-state index in [1.807, 2.05) is 39.0 Å². The minimum absolute atomic E-state index is 0.00761. The Balaban J connectivity index is 1.99. The summed E-state index contributed by atoms with van der Waals surface area (Å²) in [5, 5.41) is 14.0. The maximum Gasteiger partial charge on any atom is 0.277 e. The first-order valence-corrected chi connectivity index (χ1v) is 9.77. The number of nitrogens with zero attached hydrogens (tertiary/aromatic N) is 1. The molecule has 0 saturated heterocycles. The highest BCUT2D eigenvalue weighted by atomic mass is 79.9. The van der Waals surface area contributed by atoms with Crippen LogP contribution in [0.1, 0.15) is 23.6 Å². The summed E-state index contributed by atoms with van der Waals surface area (Å²) < 4.78 is 11.9. The number of amides is 1. The first kappa shape index (κ1) is 21.2. The second-order valence-corrected chi connectivity index (χ2v) is 7.31. The Kier molecular flexibility index (Phi) is 7.67. The number of rotatable bonds is 7. The van der Waals surface area contributed by atoms with Crippen LogP contribution in [0.4, 0.5) is 0 Å². The molecule has 0 unspecified atom stereocenters. The zero-order valence-electron chi connectivity index (χ0n) is 15.2. The monoisotopic (exact) mass is 498 g/mol. The summed E-state index contributed by atoms with van der Waals surface area (Å²) in [5.74, 6) is 0.585. The van der Waals surface area contributed by atoms with E-state index < -0.39 is 0 Å². The number of hydrogen-bond donors (Lipinski definition) is 2. The van der Waals surface area contributed by atoms with Gasteiger partial charge in [0.1, 0.15) is 5.75 Å². The van der Waals surface area contributed by atoms with Gasteiger partial charge in [0, 0.05) is 10.0 Å². The SMILES string of the molecule is CCOc1cc(/C=N/NC(=O)COc2ccc(C)cc2C)c(Br)c(Br)c1O. The van der Waals surface area contributed by atoms with Crippen molar-refractivity contribution in [2.75, 3.05) is 13.2 Å². The van der Waals surface area contributed by atoms with Crippen LogP contribution in [0.3, 0.4) is 0 Å². The summed E-state index contributed by atoms with van der Waals surface area (Å²) in [4.78, 5) is 11.9. The highest BCUT2D eigenvalue weighted by Gasteiger charge is 2.14. The van der Waals surface area contributed by atoms with Crippen molar-refractivity contribution in [1.29, 1.82) is 0 Å². The molecular weight excluding hydrogens is 480 g/mol. The van der Waals surface area contributed by atoms with Crippen molar-refractivity contribution in [2.45, 2.75) is 20.8 Å². The predicted octanol–water partition coefficient (Wildman–Crippen LogP) is 4.46. The van der Waals surface area contributed by atoms with Gasteiger partial charge in [0.2, 0.25) is 0 Å². The number of nitrogens with one attached hydrogen (secondary N) is 1. The highest BCUT2D eigenvalue weighted by molar-refractivity contribution is 9.13. The van der Waals surface area contributed by atoms with Gasteiger partial charge in [-0.15, -0.1) is 0 Å². The van der Waals surface area contributed by atoms with E-state index in [0.717, 1.165) is 11.1 Å². The van der Waals surface area contributed by atoms with Gasteiger partial charge in [-0.05, 0) is 70.3 Å². The fourth-order valence-corrected chi connectivity index (χ4v) is 3.11. The van der Waals surface area contributed by atoms with Gasteiger partial charge in [0.15, 0.2) is 18.1 Å². The van der Waals surface area contributed by atoms with E-state index in [2.05, 4.69) is 42.4 Å². The summed E-state index contributed by atoms with van der Waals surface area (Å²) in [7, 11) is 0. The lowest BCUT2D eigenvalue weighted by atomic mass is 10.1. The molecular formula is C19H20Br2N2O4. The van der Waals surface area contributed by atoms with Crippen LogP contribution in [0.15, 0.2) is 38.3 Å². The van der Waals surface area contributed by atoms with Gasteiger partial charge in [-0.25, -0.2) is 5.43 Å². The quantitative estimate of drug-likeness (QED) is 0.435. The lowest BCUT2D eigenvalue weighted by Crippen LogP contribution is -2.24. The minimum atomic E-state index is -0.384. The van der Waals surface area contributed by atoms with Crippen LogP contribution >= 0.6 is 31.9 Å². The normalized spacial score (nSPS) is 10.9. The van der Waals surface area contributed by atoms with Crippen LogP contribution in [0.5, 0.6) is 17.2 Å². The molecule has 0 spiro atoms. The van der Waals surface area contributed by atoms with Gasteiger partial charge < -0.3 is 14.6 Å². The molecule has 8 heteroatoms. The van der Waals surface area contributed by atoms with E-state index in [1.165, 1.54) is 6.21 Å². The Labute approximate surface area is 174 Å². The molecule has 0 bridgehead atoms. The van der Waals surface area contributed by atoms with Crippen molar-refractivity contribution in [3.8, 4) is 17.2 Å². The number of phenolic OH excluding ortho intramolecular Hbond substituents is 1. The average Bonchev–Trinajstić information content (AvgIpc) is 2.63. The van der Waals surface area contributed by atoms with E-state index in [9.17, 15) is 9.90 Å². The van der Waals surface area contributed by atoms with Crippen LogP contribution in [-0.4, -0.2) is 30.4 Å². The molecule has 0 radical (unpaired) electrons. The molecule has 0 aliphatic rings. The number of halogens is 2. The van der Waals surface area contributed by atoms with Gasteiger partial charge in [0.05, 0.1) is 17.3 Å². The van der Waals surface area contributed by atoms with Crippen LogP contribution in [0.2, 0.25) is 0 Å². The molecule has 27 heavy (non-hydrogen) atoms. The predicted molar refractivity (Wildman–Crippen MR) is 112 cm³/mol.